The van der Waals surface area contributed by atoms with E-state index in [4.69, 9.17) is 14.2 Å². The van der Waals surface area contributed by atoms with Crippen molar-refractivity contribution < 1.29 is 14.1 Å². The Morgan fingerprint density at radius 2 is 2.13 bits per heavy atom. The second kappa shape index (κ2) is 8.43. The average Bonchev–Trinajstić information content (AvgIpc) is 3.38. The van der Waals surface area contributed by atoms with E-state index in [-0.39, 0.29) is 11.9 Å². The molecule has 31 heavy (non-hydrogen) atoms. The third-order valence-electron chi connectivity index (χ3n) is 6.43. The van der Waals surface area contributed by atoms with Crippen LogP contribution in [0.1, 0.15) is 43.7 Å². The molecule has 2 saturated heterocycles. The van der Waals surface area contributed by atoms with Crippen LogP contribution in [0.3, 0.4) is 0 Å². The van der Waals surface area contributed by atoms with Crippen molar-refractivity contribution in [3.63, 3.8) is 0 Å². The van der Waals surface area contributed by atoms with E-state index in [1.165, 1.54) is 0 Å². The molecule has 5 rings (SSSR count). The number of ether oxygens (including phenoxy) is 1. The smallest absolute Gasteiger partial charge is 0.220 e. The van der Waals surface area contributed by atoms with Gasteiger partial charge in [-0.05, 0) is 44.9 Å². The zero-order valence-corrected chi connectivity index (χ0v) is 18.1. The van der Waals surface area contributed by atoms with Crippen molar-refractivity contribution in [2.75, 3.05) is 26.3 Å². The highest BCUT2D eigenvalue weighted by Gasteiger charge is 2.27. The van der Waals surface area contributed by atoms with Gasteiger partial charge in [0.05, 0.1) is 30.6 Å². The van der Waals surface area contributed by atoms with E-state index in [1.807, 2.05) is 19.1 Å². The SMILES string of the molecule is Cc1noc2ccc(-c3cn(C[C@H](C)N4CCOCC4)c([C@@H]4CCCC(=O)N4)n3)cc12. The lowest BCUT2D eigenvalue weighted by molar-refractivity contribution is -0.123. The first-order valence-electron chi connectivity index (χ1n) is 11.1. The maximum absolute atomic E-state index is 12.1. The molecule has 2 aliphatic rings. The van der Waals surface area contributed by atoms with E-state index in [1.54, 1.807) is 0 Å². The molecule has 2 atom stereocenters. The highest BCUT2D eigenvalue weighted by atomic mass is 16.5. The first-order valence-corrected chi connectivity index (χ1v) is 11.1. The maximum Gasteiger partial charge on any atom is 0.220 e. The number of aromatic nitrogens is 3. The van der Waals surface area contributed by atoms with Gasteiger partial charge in [-0.1, -0.05) is 5.16 Å². The molecule has 3 aromatic rings. The summed E-state index contributed by atoms with van der Waals surface area (Å²) in [6, 6.07) is 6.36. The number of rotatable bonds is 5. The Hall–Kier alpha value is -2.71. The number of fused-ring (bicyclic) bond motifs is 1. The molecular formula is C23H29N5O3. The molecule has 0 unspecified atom stereocenters. The molecule has 0 radical (unpaired) electrons. The molecule has 0 saturated carbocycles. The summed E-state index contributed by atoms with van der Waals surface area (Å²) < 4.78 is 13.1. The van der Waals surface area contributed by atoms with E-state index in [0.717, 1.165) is 79.4 Å². The molecule has 1 amide bonds. The van der Waals surface area contributed by atoms with Crippen LogP contribution in [0.2, 0.25) is 0 Å². The number of aryl methyl sites for hydroxylation is 1. The van der Waals surface area contributed by atoms with Crippen LogP contribution < -0.4 is 5.32 Å². The summed E-state index contributed by atoms with van der Waals surface area (Å²) in [7, 11) is 0. The molecule has 164 valence electrons. The van der Waals surface area contributed by atoms with Crippen LogP contribution in [0.15, 0.2) is 28.9 Å². The monoisotopic (exact) mass is 423 g/mol. The first kappa shape index (κ1) is 20.2. The Morgan fingerprint density at radius 1 is 1.29 bits per heavy atom. The molecule has 1 aromatic carbocycles. The molecule has 0 bridgehead atoms. The molecule has 8 nitrogen and oxygen atoms in total. The Labute approximate surface area is 181 Å². The number of carbonyl (C=O) groups excluding carboxylic acids is 1. The molecule has 2 aromatic heterocycles. The number of nitrogens with one attached hydrogen (secondary N) is 1. The van der Waals surface area contributed by atoms with Gasteiger partial charge in [-0.2, -0.15) is 0 Å². The van der Waals surface area contributed by atoms with Crippen LogP contribution in [-0.4, -0.2) is 57.9 Å². The Kier molecular flexibility index (Phi) is 5.50. The van der Waals surface area contributed by atoms with Gasteiger partial charge in [0.2, 0.25) is 5.91 Å². The predicted molar refractivity (Wildman–Crippen MR) is 117 cm³/mol. The van der Waals surface area contributed by atoms with E-state index in [9.17, 15) is 4.79 Å². The van der Waals surface area contributed by atoms with Gasteiger partial charge in [-0.3, -0.25) is 9.69 Å². The molecule has 1 N–H and O–H groups in total. The fourth-order valence-electron chi connectivity index (χ4n) is 4.63. The van der Waals surface area contributed by atoms with E-state index < -0.39 is 0 Å². The first-order chi connectivity index (χ1) is 15.1. The van der Waals surface area contributed by atoms with Crippen LogP contribution in [0.4, 0.5) is 0 Å². The number of hydrogen-bond acceptors (Lipinski definition) is 6. The number of carbonyl (C=O) groups is 1. The lowest BCUT2D eigenvalue weighted by atomic mass is 10.0. The molecule has 2 fully saturated rings. The fraction of sp³-hybridized carbons (Fsp3) is 0.522. The zero-order chi connectivity index (χ0) is 21.4. The summed E-state index contributed by atoms with van der Waals surface area (Å²) in [4.78, 5) is 19.5. The fourth-order valence-corrected chi connectivity index (χ4v) is 4.63. The normalized spacial score (nSPS) is 21.4. The number of nitrogens with zero attached hydrogens (tertiary/aromatic N) is 4. The largest absolute Gasteiger partial charge is 0.379 e. The quantitative estimate of drug-likeness (QED) is 0.679. The van der Waals surface area contributed by atoms with Gasteiger partial charge >= 0.3 is 0 Å². The van der Waals surface area contributed by atoms with Gasteiger partial charge in [0.1, 0.15) is 5.82 Å². The van der Waals surface area contributed by atoms with Crippen LogP contribution in [0.5, 0.6) is 0 Å². The third-order valence-corrected chi connectivity index (χ3v) is 6.43. The third kappa shape index (κ3) is 4.09. The van der Waals surface area contributed by atoms with Gasteiger partial charge in [-0.15, -0.1) is 0 Å². The van der Waals surface area contributed by atoms with Gasteiger partial charge in [-0.25, -0.2) is 4.98 Å². The van der Waals surface area contributed by atoms with E-state index in [2.05, 4.69) is 39.1 Å². The standard InChI is InChI=1S/C23H29N5O3/c1-15(27-8-10-30-11-9-27)13-28-14-20(25-23(28)19-4-3-5-22(29)24-19)17-6-7-21-18(12-17)16(2)26-31-21/h6-7,12,14-15,19H,3-5,8-11,13H2,1-2H3,(H,24,29)/t15-,19-/m0/s1. The van der Waals surface area contributed by atoms with Gasteiger partial charge in [0.25, 0.3) is 0 Å². The van der Waals surface area contributed by atoms with Gasteiger partial charge in [0, 0.05) is 49.2 Å². The van der Waals surface area contributed by atoms with Crippen LogP contribution in [0.25, 0.3) is 22.2 Å². The van der Waals surface area contributed by atoms with Crippen molar-refractivity contribution in [2.45, 2.75) is 51.7 Å². The summed E-state index contributed by atoms with van der Waals surface area (Å²) in [5, 5.41) is 8.21. The predicted octanol–water partition coefficient (Wildman–Crippen LogP) is 3.06. The van der Waals surface area contributed by atoms with Crippen LogP contribution in [0, 0.1) is 6.92 Å². The average molecular weight is 424 g/mol. The second-order valence-corrected chi connectivity index (χ2v) is 8.63. The summed E-state index contributed by atoms with van der Waals surface area (Å²) in [6.07, 6.45) is 4.52. The zero-order valence-electron chi connectivity index (χ0n) is 18.1. The van der Waals surface area contributed by atoms with Crippen molar-refractivity contribution in [3.05, 3.63) is 35.9 Å². The van der Waals surface area contributed by atoms with Crippen molar-refractivity contribution >= 4 is 16.9 Å². The number of amides is 1. The number of benzene rings is 1. The molecule has 4 heterocycles. The molecule has 2 aliphatic heterocycles. The minimum atomic E-state index is -0.0482. The summed E-state index contributed by atoms with van der Waals surface area (Å²) in [6.45, 7) is 8.47. The second-order valence-electron chi connectivity index (χ2n) is 8.63. The Balaban J connectivity index is 1.49. The minimum absolute atomic E-state index is 0.0482. The summed E-state index contributed by atoms with van der Waals surface area (Å²) >= 11 is 0. The summed E-state index contributed by atoms with van der Waals surface area (Å²) in [5.41, 5.74) is 3.59. The lowest BCUT2D eigenvalue weighted by Gasteiger charge is -2.33. The van der Waals surface area contributed by atoms with Crippen molar-refractivity contribution in [1.29, 1.82) is 0 Å². The van der Waals surface area contributed by atoms with Crippen molar-refractivity contribution in [1.82, 2.24) is 24.9 Å². The van der Waals surface area contributed by atoms with Crippen LogP contribution >= 0.6 is 0 Å². The van der Waals surface area contributed by atoms with Crippen LogP contribution in [-0.2, 0) is 16.1 Å². The number of morpholine rings is 1. The maximum atomic E-state index is 12.1. The number of imidazole rings is 1. The molecule has 8 heteroatoms. The highest BCUT2D eigenvalue weighted by molar-refractivity contribution is 5.84. The number of piperidine rings is 1. The van der Waals surface area contributed by atoms with Gasteiger partial charge in [0.15, 0.2) is 5.58 Å². The Bertz CT molecular complexity index is 1080. The van der Waals surface area contributed by atoms with Crippen molar-refractivity contribution in [3.8, 4) is 11.3 Å². The minimum Gasteiger partial charge on any atom is -0.379 e. The Morgan fingerprint density at radius 3 is 2.94 bits per heavy atom. The summed E-state index contributed by atoms with van der Waals surface area (Å²) in [5.74, 6) is 1.04. The van der Waals surface area contributed by atoms with Crippen molar-refractivity contribution in [2.24, 2.45) is 0 Å². The molecule has 0 aliphatic carbocycles. The molecule has 0 spiro atoms. The van der Waals surface area contributed by atoms with Gasteiger partial charge < -0.3 is 19.1 Å². The van der Waals surface area contributed by atoms with E-state index >= 15 is 0 Å². The number of hydrogen-bond donors (Lipinski definition) is 1. The van der Waals surface area contributed by atoms with E-state index in [0.29, 0.717) is 12.5 Å². The lowest BCUT2D eigenvalue weighted by Crippen LogP contribution is -2.44. The molecular weight excluding hydrogens is 394 g/mol. The topological polar surface area (TPSA) is 85.4 Å². The highest BCUT2D eigenvalue weighted by Crippen LogP contribution is 2.30.